The van der Waals surface area contributed by atoms with Crippen LogP contribution in [0.5, 0.6) is 0 Å². The van der Waals surface area contributed by atoms with Gasteiger partial charge in [-0.05, 0) is 26.1 Å². The van der Waals surface area contributed by atoms with E-state index < -0.39 is 11.9 Å². The first-order chi connectivity index (χ1) is 18.2. The fourth-order valence-electron chi connectivity index (χ4n) is 4.57. The van der Waals surface area contributed by atoms with E-state index in [4.69, 9.17) is 9.97 Å². The quantitative estimate of drug-likeness (QED) is 0.394. The van der Waals surface area contributed by atoms with E-state index in [9.17, 15) is 18.0 Å². The number of rotatable bonds is 6. The third kappa shape index (κ3) is 5.68. The maximum Gasteiger partial charge on any atom is 0.433 e. The Balaban J connectivity index is 1.59. The summed E-state index contributed by atoms with van der Waals surface area (Å²) in [5.41, 5.74) is 1.51. The molecule has 1 saturated heterocycles. The molecule has 4 heterocycles. The summed E-state index contributed by atoms with van der Waals surface area (Å²) in [5, 5.41) is 3.30. The van der Waals surface area contributed by atoms with E-state index >= 15 is 0 Å². The van der Waals surface area contributed by atoms with Crippen molar-refractivity contribution in [3.63, 3.8) is 0 Å². The summed E-state index contributed by atoms with van der Waals surface area (Å²) in [6.45, 7) is 6.78. The monoisotopic (exact) mass is 523 g/mol. The van der Waals surface area contributed by atoms with Crippen LogP contribution in [-0.4, -0.2) is 76.1 Å². The number of anilines is 1. The van der Waals surface area contributed by atoms with E-state index in [2.05, 4.69) is 32.1 Å². The first-order valence-electron chi connectivity index (χ1n) is 12.4. The van der Waals surface area contributed by atoms with Gasteiger partial charge in [0.1, 0.15) is 11.2 Å². The van der Waals surface area contributed by atoms with Crippen LogP contribution in [0, 0.1) is 6.92 Å². The van der Waals surface area contributed by atoms with E-state index in [0.717, 1.165) is 38.8 Å². The standard InChI is InChI=1S/C27H28F3N7O/c1-17-14-19(15-21(32-17)27(28,29)30)24-23(18-6-4-3-5-7-18)35-26-25(34-24)20(16-22(38)33-26)31-8-9-37-12-10-36(2)11-13-37/h3-7,14-16H,8-13H2,1-2H3,(H2,31,33,35,38). The number of piperazine rings is 1. The summed E-state index contributed by atoms with van der Waals surface area (Å²) in [5.74, 6) is 0. The molecule has 0 bridgehead atoms. The largest absolute Gasteiger partial charge is 0.433 e. The minimum Gasteiger partial charge on any atom is -0.382 e. The molecule has 0 amide bonds. The lowest BCUT2D eigenvalue weighted by molar-refractivity contribution is -0.141. The summed E-state index contributed by atoms with van der Waals surface area (Å²) in [6.07, 6.45) is -4.61. The van der Waals surface area contributed by atoms with Gasteiger partial charge < -0.3 is 15.2 Å². The van der Waals surface area contributed by atoms with Gasteiger partial charge in [-0.25, -0.2) is 15.0 Å². The second-order valence-electron chi connectivity index (χ2n) is 9.48. The van der Waals surface area contributed by atoms with Crippen LogP contribution in [0.2, 0.25) is 0 Å². The number of aromatic nitrogens is 4. The summed E-state index contributed by atoms with van der Waals surface area (Å²) in [7, 11) is 2.10. The zero-order valence-electron chi connectivity index (χ0n) is 21.1. The van der Waals surface area contributed by atoms with Gasteiger partial charge in [0.25, 0.3) is 5.56 Å². The molecule has 0 radical (unpaired) electrons. The molecule has 1 aliphatic heterocycles. The molecule has 0 atom stereocenters. The third-order valence-electron chi connectivity index (χ3n) is 6.57. The van der Waals surface area contributed by atoms with Crippen molar-refractivity contribution in [1.29, 1.82) is 0 Å². The Morgan fingerprint density at radius 3 is 2.37 bits per heavy atom. The highest BCUT2D eigenvalue weighted by Crippen LogP contribution is 2.35. The van der Waals surface area contributed by atoms with Gasteiger partial charge in [0.2, 0.25) is 0 Å². The highest BCUT2D eigenvalue weighted by Gasteiger charge is 2.33. The van der Waals surface area contributed by atoms with Crippen LogP contribution in [0.4, 0.5) is 18.9 Å². The maximum absolute atomic E-state index is 13.6. The lowest BCUT2D eigenvalue weighted by atomic mass is 10.0. The molecule has 1 fully saturated rings. The molecule has 5 rings (SSSR count). The lowest BCUT2D eigenvalue weighted by Gasteiger charge is -2.32. The molecule has 0 aliphatic carbocycles. The zero-order valence-corrected chi connectivity index (χ0v) is 21.1. The topological polar surface area (TPSA) is 90.0 Å². The minimum atomic E-state index is -4.61. The molecule has 198 valence electrons. The molecule has 8 nitrogen and oxygen atoms in total. The number of H-pyrrole nitrogens is 1. The highest BCUT2D eigenvalue weighted by molar-refractivity contribution is 5.91. The number of aromatic amines is 1. The zero-order chi connectivity index (χ0) is 26.9. The fraction of sp³-hybridized carbons (Fsp3) is 0.333. The van der Waals surface area contributed by atoms with Gasteiger partial charge in [0, 0.05) is 62.2 Å². The average Bonchev–Trinajstić information content (AvgIpc) is 2.88. The maximum atomic E-state index is 13.6. The molecule has 3 aromatic heterocycles. The van der Waals surface area contributed by atoms with Crippen LogP contribution in [0.25, 0.3) is 33.7 Å². The number of nitrogens with one attached hydrogen (secondary N) is 2. The molecule has 1 aliphatic rings. The Hall–Kier alpha value is -3.83. The van der Waals surface area contributed by atoms with Gasteiger partial charge >= 0.3 is 6.18 Å². The molecule has 0 saturated carbocycles. The van der Waals surface area contributed by atoms with Crippen molar-refractivity contribution in [2.75, 3.05) is 51.6 Å². The van der Waals surface area contributed by atoms with Crippen molar-refractivity contribution in [2.45, 2.75) is 13.1 Å². The smallest absolute Gasteiger partial charge is 0.382 e. The number of pyridine rings is 2. The van der Waals surface area contributed by atoms with Crippen molar-refractivity contribution in [3.05, 3.63) is 70.3 Å². The Kier molecular flexibility index (Phi) is 7.13. The number of nitrogens with zero attached hydrogens (tertiary/aromatic N) is 5. The van der Waals surface area contributed by atoms with Crippen LogP contribution in [0.15, 0.2) is 53.3 Å². The number of hydrogen-bond donors (Lipinski definition) is 2. The number of aryl methyl sites for hydroxylation is 1. The van der Waals surface area contributed by atoms with Gasteiger partial charge in [0.15, 0.2) is 5.65 Å². The van der Waals surface area contributed by atoms with Crippen molar-refractivity contribution in [3.8, 4) is 22.5 Å². The highest BCUT2D eigenvalue weighted by atomic mass is 19.4. The first kappa shape index (κ1) is 25.8. The summed E-state index contributed by atoms with van der Waals surface area (Å²) >= 11 is 0. The van der Waals surface area contributed by atoms with Crippen LogP contribution >= 0.6 is 0 Å². The minimum absolute atomic E-state index is 0.211. The number of fused-ring (bicyclic) bond motifs is 1. The van der Waals surface area contributed by atoms with Crippen LogP contribution < -0.4 is 10.9 Å². The normalized spacial score (nSPS) is 15.2. The molecule has 4 aromatic rings. The molecule has 38 heavy (non-hydrogen) atoms. The number of alkyl halides is 3. The van der Waals surface area contributed by atoms with Gasteiger partial charge in [0.05, 0.1) is 17.1 Å². The molecule has 0 spiro atoms. The molecule has 0 unspecified atom stereocenters. The summed E-state index contributed by atoms with van der Waals surface area (Å²) in [6, 6.07) is 13.0. The molecule has 1 aromatic carbocycles. The molecule has 2 N–H and O–H groups in total. The second kappa shape index (κ2) is 10.5. The van der Waals surface area contributed by atoms with Gasteiger partial charge in [-0.1, -0.05) is 30.3 Å². The van der Waals surface area contributed by atoms with E-state index in [-0.39, 0.29) is 28.2 Å². The first-order valence-corrected chi connectivity index (χ1v) is 12.4. The number of halogens is 3. The number of benzene rings is 1. The molecular formula is C27H28F3N7O. The van der Waals surface area contributed by atoms with E-state index in [1.807, 2.05) is 18.2 Å². The Morgan fingerprint density at radius 1 is 0.947 bits per heavy atom. The van der Waals surface area contributed by atoms with Gasteiger partial charge in [-0.15, -0.1) is 0 Å². The molecular weight excluding hydrogens is 495 g/mol. The van der Waals surface area contributed by atoms with E-state index in [1.54, 1.807) is 18.2 Å². The van der Waals surface area contributed by atoms with Gasteiger partial charge in [-0.3, -0.25) is 9.69 Å². The van der Waals surface area contributed by atoms with E-state index in [1.165, 1.54) is 13.0 Å². The van der Waals surface area contributed by atoms with Crippen LogP contribution in [0.3, 0.4) is 0 Å². The fourth-order valence-corrected chi connectivity index (χ4v) is 4.57. The Bertz CT molecular complexity index is 1500. The van der Waals surface area contributed by atoms with Crippen LogP contribution in [0.1, 0.15) is 11.4 Å². The predicted octanol–water partition coefficient (Wildman–Crippen LogP) is 4.03. The van der Waals surface area contributed by atoms with Crippen molar-refractivity contribution in [1.82, 2.24) is 29.7 Å². The Morgan fingerprint density at radius 2 is 1.66 bits per heavy atom. The van der Waals surface area contributed by atoms with Gasteiger partial charge in [-0.2, -0.15) is 13.2 Å². The van der Waals surface area contributed by atoms with E-state index in [0.29, 0.717) is 29.0 Å². The molecule has 11 heteroatoms. The average molecular weight is 524 g/mol. The van der Waals surface area contributed by atoms with Crippen LogP contribution in [-0.2, 0) is 6.18 Å². The Labute approximate surface area is 217 Å². The second-order valence-corrected chi connectivity index (χ2v) is 9.48. The SMILES string of the molecule is Cc1cc(-c2nc3c(NCCN4CCN(C)CC4)cc(=O)[nH]c3nc2-c2ccccc2)cc(C(F)(F)F)n1. The number of likely N-dealkylation sites (N-methyl/N-ethyl adjacent to an activating group) is 1. The summed E-state index contributed by atoms with van der Waals surface area (Å²) in [4.78, 5) is 33.0. The predicted molar refractivity (Wildman–Crippen MR) is 141 cm³/mol. The summed E-state index contributed by atoms with van der Waals surface area (Å²) < 4.78 is 40.8. The lowest BCUT2D eigenvalue weighted by Crippen LogP contribution is -2.45. The van der Waals surface area contributed by atoms with Crippen molar-refractivity contribution < 1.29 is 13.2 Å². The number of hydrogen-bond acceptors (Lipinski definition) is 7. The third-order valence-corrected chi connectivity index (χ3v) is 6.57. The van der Waals surface area contributed by atoms with Crippen molar-refractivity contribution >= 4 is 16.9 Å². The van der Waals surface area contributed by atoms with Crippen molar-refractivity contribution in [2.24, 2.45) is 0 Å².